The van der Waals surface area contributed by atoms with Gasteiger partial charge in [-0.15, -0.1) is 11.3 Å². The van der Waals surface area contributed by atoms with Gasteiger partial charge in [-0.05, 0) is 31.9 Å². The molecule has 80 valence electrons. The summed E-state index contributed by atoms with van der Waals surface area (Å²) in [4.78, 5) is 13.6. The van der Waals surface area contributed by atoms with Gasteiger partial charge in [-0.3, -0.25) is 4.79 Å². The van der Waals surface area contributed by atoms with Crippen LogP contribution in [0, 0.1) is 18.3 Å². The molecule has 0 saturated carbocycles. The number of carbonyl (C=O) groups is 1. The Hall–Kier alpha value is -1.34. The van der Waals surface area contributed by atoms with Crippen molar-refractivity contribution in [1.29, 1.82) is 5.26 Å². The predicted octanol–water partition coefficient (Wildman–Crippen LogP) is 2.26. The number of hydrogen-bond donors (Lipinski definition) is 1. The lowest BCUT2D eigenvalue weighted by Crippen LogP contribution is -2.30. The van der Waals surface area contributed by atoms with Crippen molar-refractivity contribution >= 4 is 17.2 Å². The van der Waals surface area contributed by atoms with Crippen molar-refractivity contribution in [3.8, 4) is 6.07 Å². The number of rotatable bonds is 3. The molecule has 1 atom stereocenters. The molecular formula is C11H14N2OS. The second-order valence-electron chi connectivity index (χ2n) is 3.39. The first-order chi connectivity index (χ1) is 7.08. The molecule has 1 heterocycles. The van der Waals surface area contributed by atoms with Crippen molar-refractivity contribution < 1.29 is 4.79 Å². The number of thiophene rings is 1. The SMILES string of the molecule is CCc1sc(C(=O)N[C@@H](C)C#N)cc1C. The lowest BCUT2D eigenvalue weighted by Gasteiger charge is -2.03. The van der Waals surface area contributed by atoms with E-state index in [1.807, 2.05) is 19.1 Å². The summed E-state index contributed by atoms with van der Waals surface area (Å²) in [6, 6.07) is 3.41. The Morgan fingerprint density at radius 3 is 2.87 bits per heavy atom. The van der Waals surface area contributed by atoms with Crippen molar-refractivity contribution in [2.24, 2.45) is 0 Å². The van der Waals surface area contributed by atoms with Crippen LogP contribution in [0.2, 0.25) is 0 Å². The topological polar surface area (TPSA) is 52.9 Å². The minimum Gasteiger partial charge on any atom is -0.336 e. The predicted molar refractivity (Wildman–Crippen MR) is 61.0 cm³/mol. The molecule has 0 aliphatic heterocycles. The summed E-state index contributed by atoms with van der Waals surface area (Å²) in [5.41, 5.74) is 1.15. The van der Waals surface area contributed by atoms with E-state index in [1.54, 1.807) is 6.92 Å². The van der Waals surface area contributed by atoms with Crippen LogP contribution >= 0.6 is 11.3 Å². The number of nitrogens with zero attached hydrogens (tertiary/aromatic N) is 1. The summed E-state index contributed by atoms with van der Waals surface area (Å²) in [7, 11) is 0. The highest BCUT2D eigenvalue weighted by molar-refractivity contribution is 7.14. The van der Waals surface area contributed by atoms with E-state index in [1.165, 1.54) is 16.2 Å². The van der Waals surface area contributed by atoms with Crippen LogP contribution in [0.15, 0.2) is 6.07 Å². The van der Waals surface area contributed by atoms with Gasteiger partial charge < -0.3 is 5.32 Å². The van der Waals surface area contributed by atoms with Crippen molar-refractivity contribution in [2.45, 2.75) is 33.2 Å². The first kappa shape index (κ1) is 11.7. The highest BCUT2D eigenvalue weighted by Gasteiger charge is 2.13. The van der Waals surface area contributed by atoms with Crippen LogP contribution in [0.1, 0.15) is 34.0 Å². The first-order valence-electron chi connectivity index (χ1n) is 4.88. The normalized spacial score (nSPS) is 11.9. The summed E-state index contributed by atoms with van der Waals surface area (Å²) >= 11 is 1.50. The van der Waals surface area contributed by atoms with E-state index in [0.717, 1.165) is 12.0 Å². The Labute approximate surface area is 93.7 Å². The number of carbonyl (C=O) groups excluding carboxylic acids is 1. The molecular weight excluding hydrogens is 208 g/mol. The summed E-state index contributed by atoms with van der Waals surface area (Å²) in [5, 5.41) is 11.2. The quantitative estimate of drug-likeness (QED) is 0.852. The molecule has 1 aromatic heterocycles. The van der Waals surface area contributed by atoms with Gasteiger partial charge in [0.2, 0.25) is 0 Å². The monoisotopic (exact) mass is 222 g/mol. The van der Waals surface area contributed by atoms with Gasteiger partial charge >= 0.3 is 0 Å². The van der Waals surface area contributed by atoms with Gasteiger partial charge in [-0.1, -0.05) is 6.92 Å². The van der Waals surface area contributed by atoms with Gasteiger partial charge in [0.15, 0.2) is 0 Å². The van der Waals surface area contributed by atoms with E-state index in [2.05, 4.69) is 12.2 Å². The molecule has 1 N–H and O–H groups in total. The Kier molecular flexibility index (Phi) is 3.87. The second-order valence-corrected chi connectivity index (χ2v) is 4.53. The van der Waals surface area contributed by atoms with Gasteiger partial charge in [-0.2, -0.15) is 5.26 Å². The summed E-state index contributed by atoms with van der Waals surface area (Å²) in [5.74, 6) is -0.156. The fourth-order valence-corrected chi connectivity index (χ4v) is 2.30. The van der Waals surface area contributed by atoms with Gasteiger partial charge in [0, 0.05) is 4.88 Å². The maximum Gasteiger partial charge on any atom is 0.262 e. The number of nitriles is 1. The van der Waals surface area contributed by atoms with Crippen LogP contribution in [-0.4, -0.2) is 11.9 Å². The summed E-state index contributed by atoms with van der Waals surface area (Å²) in [6.45, 7) is 5.73. The van der Waals surface area contributed by atoms with Crippen molar-refractivity contribution in [2.75, 3.05) is 0 Å². The smallest absolute Gasteiger partial charge is 0.262 e. The van der Waals surface area contributed by atoms with Gasteiger partial charge in [0.25, 0.3) is 5.91 Å². The van der Waals surface area contributed by atoms with Crippen LogP contribution in [0.4, 0.5) is 0 Å². The molecule has 0 aliphatic carbocycles. The molecule has 0 radical (unpaired) electrons. The van der Waals surface area contributed by atoms with E-state index in [9.17, 15) is 4.79 Å². The first-order valence-corrected chi connectivity index (χ1v) is 5.70. The summed E-state index contributed by atoms with van der Waals surface area (Å²) in [6.07, 6.45) is 0.942. The third-order valence-corrected chi connectivity index (χ3v) is 3.49. The van der Waals surface area contributed by atoms with Crippen LogP contribution in [0.5, 0.6) is 0 Å². The number of amides is 1. The highest BCUT2D eigenvalue weighted by atomic mass is 32.1. The Bertz CT molecular complexity index is 403. The molecule has 0 aliphatic rings. The molecule has 0 spiro atoms. The Morgan fingerprint density at radius 1 is 1.73 bits per heavy atom. The van der Waals surface area contributed by atoms with Crippen LogP contribution in [0.25, 0.3) is 0 Å². The fraction of sp³-hybridized carbons (Fsp3) is 0.455. The van der Waals surface area contributed by atoms with E-state index in [-0.39, 0.29) is 5.91 Å². The molecule has 0 bridgehead atoms. The highest BCUT2D eigenvalue weighted by Crippen LogP contribution is 2.22. The molecule has 0 saturated heterocycles. The van der Waals surface area contributed by atoms with Crippen LogP contribution in [-0.2, 0) is 6.42 Å². The molecule has 1 aromatic rings. The minimum absolute atomic E-state index is 0.156. The molecule has 15 heavy (non-hydrogen) atoms. The lowest BCUT2D eigenvalue weighted by molar-refractivity contribution is 0.0952. The van der Waals surface area contributed by atoms with Crippen LogP contribution in [0.3, 0.4) is 0 Å². The van der Waals surface area contributed by atoms with Crippen LogP contribution < -0.4 is 5.32 Å². The van der Waals surface area contributed by atoms with E-state index in [4.69, 9.17) is 5.26 Å². The third-order valence-electron chi connectivity index (χ3n) is 2.11. The number of hydrogen-bond acceptors (Lipinski definition) is 3. The Balaban J connectivity index is 2.79. The molecule has 0 unspecified atom stereocenters. The zero-order chi connectivity index (χ0) is 11.4. The lowest BCUT2D eigenvalue weighted by atomic mass is 10.2. The van der Waals surface area contributed by atoms with E-state index < -0.39 is 6.04 Å². The van der Waals surface area contributed by atoms with E-state index in [0.29, 0.717) is 4.88 Å². The molecule has 1 rings (SSSR count). The minimum atomic E-state index is -0.440. The zero-order valence-electron chi connectivity index (χ0n) is 9.13. The molecule has 3 nitrogen and oxygen atoms in total. The van der Waals surface area contributed by atoms with Gasteiger partial charge in [0.05, 0.1) is 10.9 Å². The van der Waals surface area contributed by atoms with Gasteiger partial charge in [-0.25, -0.2) is 0 Å². The fourth-order valence-electron chi connectivity index (χ4n) is 1.28. The third kappa shape index (κ3) is 2.80. The molecule has 0 aromatic carbocycles. The molecule has 4 heteroatoms. The van der Waals surface area contributed by atoms with E-state index >= 15 is 0 Å². The zero-order valence-corrected chi connectivity index (χ0v) is 9.94. The average molecular weight is 222 g/mol. The maximum atomic E-state index is 11.6. The number of nitrogens with one attached hydrogen (secondary N) is 1. The second kappa shape index (κ2) is 4.94. The van der Waals surface area contributed by atoms with Gasteiger partial charge in [0.1, 0.15) is 6.04 Å². The van der Waals surface area contributed by atoms with Crippen molar-refractivity contribution in [1.82, 2.24) is 5.32 Å². The largest absolute Gasteiger partial charge is 0.336 e. The standard InChI is InChI=1S/C11H14N2OS/c1-4-9-7(2)5-10(15-9)11(14)13-8(3)6-12/h5,8H,4H2,1-3H3,(H,13,14)/t8-/m0/s1. The average Bonchev–Trinajstić information content (AvgIpc) is 2.59. The number of aryl methyl sites for hydroxylation is 2. The maximum absolute atomic E-state index is 11.6. The van der Waals surface area contributed by atoms with Crippen molar-refractivity contribution in [3.63, 3.8) is 0 Å². The molecule has 0 fully saturated rings. The summed E-state index contributed by atoms with van der Waals surface area (Å²) < 4.78 is 0. The Morgan fingerprint density at radius 2 is 2.40 bits per heavy atom. The van der Waals surface area contributed by atoms with Crippen molar-refractivity contribution in [3.05, 3.63) is 21.4 Å². The molecule has 1 amide bonds.